The minimum Gasteiger partial charge on any atom is -0.462 e. The highest BCUT2D eigenvalue weighted by molar-refractivity contribution is 5.86. The molecule has 178 valence electrons. The van der Waals surface area contributed by atoms with Gasteiger partial charge in [0.05, 0.1) is 5.69 Å². The van der Waals surface area contributed by atoms with Crippen LogP contribution in [0, 0.1) is 23.7 Å². The van der Waals surface area contributed by atoms with Crippen LogP contribution in [0.2, 0.25) is 0 Å². The quantitative estimate of drug-likeness (QED) is 0.316. The molecule has 0 bridgehead atoms. The fourth-order valence-electron chi connectivity index (χ4n) is 5.28. The number of fused-ring (bicyclic) bond motifs is 1. The highest BCUT2D eigenvalue weighted by Gasteiger charge is 2.38. The number of aromatic nitrogens is 1. The number of allylic oxidation sites excluding steroid dienone is 2. The Morgan fingerprint density at radius 2 is 1.79 bits per heavy atom. The maximum absolute atomic E-state index is 12.6. The van der Waals surface area contributed by atoms with Crippen molar-refractivity contribution < 1.29 is 19.1 Å². The lowest BCUT2D eigenvalue weighted by molar-refractivity contribution is -0.148. The predicted molar refractivity (Wildman–Crippen MR) is 130 cm³/mol. The summed E-state index contributed by atoms with van der Waals surface area (Å²) in [5.41, 5.74) is 2.08. The normalized spacial score (nSPS) is 28.2. The van der Waals surface area contributed by atoms with Crippen molar-refractivity contribution >= 4 is 18.0 Å². The van der Waals surface area contributed by atoms with Crippen molar-refractivity contribution in [2.75, 3.05) is 0 Å². The number of carbonyl (C=O) groups is 2. The van der Waals surface area contributed by atoms with Gasteiger partial charge in [-0.2, -0.15) is 0 Å². The number of rotatable bonds is 5. The Morgan fingerprint density at radius 1 is 1.06 bits per heavy atom. The molecule has 0 N–H and O–H groups in total. The van der Waals surface area contributed by atoms with Crippen molar-refractivity contribution in [1.29, 1.82) is 0 Å². The van der Waals surface area contributed by atoms with Gasteiger partial charge in [-0.1, -0.05) is 43.7 Å². The summed E-state index contributed by atoms with van der Waals surface area (Å²) in [4.78, 5) is 28.5. The number of carbonyl (C=O) groups excluding carboxylic acids is 2. The molecule has 0 unspecified atom stereocenters. The Kier molecular flexibility index (Phi) is 9.04. The molecule has 0 radical (unpaired) electrons. The molecule has 2 aliphatic carbocycles. The van der Waals surface area contributed by atoms with Gasteiger partial charge in [0, 0.05) is 32.0 Å². The van der Waals surface area contributed by atoms with Crippen molar-refractivity contribution in [3.63, 3.8) is 0 Å². The van der Waals surface area contributed by atoms with Crippen LogP contribution in [0.4, 0.5) is 0 Å². The van der Waals surface area contributed by atoms with Gasteiger partial charge in [0.25, 0.3) is 0 Å². The van der Waals surface area contributed by atoms with Crippen molar-refractivity contribution in [2.24, 2.45) is 23.7 Å². The van der Waals surface area contributed by atoms with Gasteiger partial charge in [0.15, 0.2) is 0 Å². The minimum absolute atomic E-state index is 0.112. The van der Waals surface area contributed by atoms with E-state index in [-0.39, 0.29) is 24.1 Å². The van der Waals surface area contributed by atoms with Gasteiger partial charge < -0.3 is 9.47 Å². The molecule has 5 atom stereocenters. The number of pyridine rings is 1. The summed E-state index contributed by atoms with van der Waals surface area (Å²) in [6.45, 7) is 8.22. The van der Waals surface area contributed by atoms with Crippen molar-refractivity contribution in [3.8, 4) is 0 Å². The summed E-state index contributed by atoms with van der Waals surface area (Å²) in [5, 5.41) is 0. The number of hydrogen-bond donors (Lipinski definition) is 0. The Bertz CT molecular complexity index is 886. The van der Waals surface area contributed by atoms with Crippen LogP contribution in [0.3, 0.4) is 0 Å². The highest BCUT2D eigenvalue weighted by Crippen LogP contribution is 2.44. The van der Waals surface area contributed by atoms with Gasteiger partial charge in [-0.05, 0) is 68.1 Å². The van der Waals surface area contributed by atoms with Crippen LogP contribution in [0.15, 0.2) is 54.3 Å². The Balaban J connectivity index is 1.80. The number of esters is 2. The van der Waals surface area contributed by atoms with Crippen molar-refractivity contribution in [3.05, 3.63) is 60.0 Å². The van der Waals surface area contributed by atoms with E-state index in [1.807, 2.05) is 18.2 Å². The number of ether oxygens (including phenoxy) is 2. The summed E-state index contributed by atoms with van der Waals surface area (Å²) >= 11 is 0. The second-order valence-corrected chi connectivity index (χ2v) is 9.65. The largest absolute Gasteiger partial charge is 0.462 e. The molecule has 0 aliphatic heterocycles. The van der Waals surface area contributed by atoms with E-state index in [0.29, 0.717) is 36.5 Å². The molecular weight excluding hydrogens is 414 g/mol. The summed E-state index contributed by atoms with van der Waals surface area (Å²) < 4.78 is 11.6. The Hall–Kier alpha value is -2.69. The zero-order valence-corrected chi connectivity index (χ0v) is 20.3. The van der Waals surface area contributed by atoms with Gasteiger partial charge in [0.1, 0.15) is 12.2 Å². The van der Waals surface area contributed by atoms with Gasteiger partial charge in [0.2, 0.25) is 0 Å². The van der Waals surface area contributed by atoms with Crippen LogP contribution >= 0.6 is 0 Å². The molecule has 0 saturated heterocycles. The van der Waals surface area contributed by atoms with Crippen LogP contribution in [0.5, 0.6) is 0 Å². The average Bonchev–Trinajstić information content (AvgIpc) is 2.77. The van der Waals surface area contributed by atoms with E-state index in [1.165, 1.54) is 18.6 Å². The first-order valence-corrected chi connectivity index (χ1v) is 12.1. The maximum Gasteiger partial charge on any atom is 0.331 e. The van der Waals surface area contributed by atoms with Gasteiger partial charge in [-0.15, -0.1) is 0 Å². The second kappa shape index (κ2) is 12.0. The zero-order valence-electron chi connectivity index (χ0n) is 20.3. The zero-order chi connectivity index (χ0) is 23.8. The number of hydrogen-bond acceptors (Lipinski definition) is 5. The minimum atomic E-state index is -0.344. The van der Waals surface area contributed by atoms with Gasteiger partial charge >= 0.3 is 11.9 Å². The standard InChI is InChI=1S/C28H37NO4/c1-19(2)25-14-12-20(3)26-17-24(33-28(31)15-13-22-9-7-8-16-29-22)11-6-5-10-23(18-27(25)26)32-21(4)30/h5-9,12-13,15-16,19,23-27H,10-11,14,17-18H2,1-4H3/t23-,24-,25-,26+,27-/m1/s1. The van der Waals surface area contributed by atoms with E-state index < -0.39 is 0 Å². The van der Waals surface area contributed by atoms with E-state index in [0.717, 1.165) is 25.0 Å². The highest BCUT2D eigenvalue weighted by atomic mass is 16.5. The van der Waals surface area contributed by atoms with E-state index in [2.05, 4.69) is 44.0 Å². The van der Waals surface area contributed by atoms with Crippen LogP contribution in [-0.4, -0.2) is 29.1 Å². The van der Waals surface area contributed by atoms with E-state index in [1.54, 1.807) is 12.3 Å². The summed E-state index contributed by atoms with van der Waals surface area (Å²) in [6.07, 6.45) is 15.0. The van der Waals surface area contributed by atoms with Crippen molar-refractivity contribution in [2.45, 2.75) is 72.0 Å². The van der Waals surface area contributed by atoms with Gasteiger partial charge in [-0.3, -0.25) is 9.78 Å². The average molecular weight is 452 g/mol. The van der Waals surface area contributed by atoms with E-state index >= 15 is 0 Å². The monoisotopic (exact) mass is 451 g/mol. The van der Waals surface area contributed by atoms with Crippen molar-refractivity contribution in [1.82, 2.24) is 4.98 Å². The third kappa shape index (κ3) is 7.41. The van der Waals surface area contributed by atoms with Crippen LogP contribution in [0.1, 0.15) is 65.5 Å². The SMILES string of the molecule is CC(=O)O[C@@H]1CC=CC[C@@H](OC(=O)C=Cc2ccccn2)C[C@H]2C(C)=CC[C@H](C(C)C)[C@H]2C1. The lowest BCUT2D eigenvalue weighted by Crippen LogP contribution is -2.37. The molecule has 1 heterocycles. The summed E-state index contributed by atoms with van der Waals surface area (Å²) in [6, 6.07) is 5.58. The van der Waals surface area contributed by atoms with Crippen LogP contribution < -0.4 is 0 Å². The molecule has 5 heteroatoms. The molecule has 1 aromatic rings. The lowest BCUT2D eigenvalue weighted by Gasteiger charge is -2.42. The van der Waals surface area contributed by atoms with Gasteiger partial charge in [-0.25, -0.2) is 4.79 Å². The maximum atomic E-state index is 12.6. The third-order valence-corrected chi connectivity index (χ3v) is 6.93. The van der Waals surface area contributed by atoms with E-state index in [4.69, 9.17) is 9.47 Å². The molecule has 1 aromatic heterocycles. The molecule has 0 spiro atoms. The second-order valence-electron chi connectivity index (χ2n) is 9.65. The third-order valence-electron chi connectivity index (χ3n) is 6.93. The lowest BCUT2D eigenvalue weighted by atomic mass is 9.64. The fraction of sp³-hybridized carbons (Fsp3) is 0.536. The molecule has 2 aliphatic rings. The molecule has 0 saturated carbocycles. The molecule has 5 nitrogen and oxygen atoms in total. The molecule has 0 amide bonds. The number of nitrogens with zero attached hydrogens (tertiary/aromatic N) is 1. The first kappa shape index (κ1) is 24.9. The topological polar surface area (TPSA) is 65.5 Å². The smallest absolute Gasteiger partial charge is 0.331 e. The summed E-state index contributed by atoms with van der Waals surface area (Å²) in [7, 11) is 0. The Labute approximate surface area is 198 Å². The van der Waals surface area contributed by atoms with Crippen LogP contribution in [-0.2, 0) is 19.1 Å². The summed E-state index contributed by atoms with van der Waals surface area (Å²) in [5.74, 6) is 1.16. The first-order chi connectivity index (χ1) is 15.8. The first-order valence-electron chi connectivity index (χ1n) is 12.1. The molecule has 0 aromatic carbocycles. The predicted octanol–water partition coefficient (Wildman–Crippen LogP) is 5.92. The van der Waals surface area contributed by atoms with Crippen LogP contribution in [0.25, 0.3) is 6.08 Å². The molecule has 33 heavy (non-hydrogen) atoms. The van der Waals surface area contributed by atoms with E-state index in [9.17, 15) is 9.59 Å². The Morgan fingerprint density at radius 3 is 2.42 bits per heavy atom. The molecule has 3 rings (SSSR count). The molecule has 0 fully saturated rings. The molecular formula is C28H37NO4. The fourth-order valence-corrected chi connectivity index (χ4v) is 5.28.